The number of hydrogen-bond acceptors (Lipinski definition) is 5. The summed E-state index contributed by atoms with van der Waals surface area (Å²) in [6.45, 7) is 4.39. The lowest BCUT2D eigenvalue weighted by molar-refractivity contribution is 0.619. The van der Waals surface area contributed by atoms with Crippen LogP contribution in [0.3, 0.4) is 0 Å². The minimum Gasteiger partial charge on any atom is -0.403 e. The van der Waals surface area contributed by atoms with Crippen molar-refractivity contribution in [1.82, 2.24) is 15.0 Å². The van der Waals surface area contributed by atoms with Gasteiger partial charge in [0.25, 0.3) is 0 Å². The average Bonchev–Trinajstić information content (AvgIpc) is 3.18. The highest BCUT2D eigenvalue weighted by molar-refractivity contribution is 7.16. The molecular weight excluding hydrogens is 408 g/mol. The second kappa shape index (κ2) is 8.56. The SMILES string of the molecule is C=c1[nH]cc(Cc2sc(NCc3ccc(F)cn3)nc2Cl)/c1=C/C(Cl)=C\N. The number of thiazole rings is 1. The first-order valence-electron chi connectivity index (χ1n) is 7.90. The van der Waals surface area contributed by atoms with E-state index in [1.165, 1.54) is 29.8 Å². The summed E-state index contributed by atoms with van der Waals surface area (Å²) >= 11 is 13.7. The number of anilines is 1. The van der Waals surface area contributed by atoms with Gasteiger partial charge in [-0.05, 0) is 23.8 Å². The number of aromatic nitrogens is 3. The summed E-state index contributed by atoms with van der Waals surface area (Å²) in [4.78, 5) is 12.3. The first kappa shape index (κ1) is 19.4. The molecule has 0 saturated heterocycles. The van der Waals surface area contributed by atoms with Crippen LogP contribution in [0, 0.1) is 5.82 Å². The highest BCUT2D eigenvalue weighted by Gasteiger charge is 2.12. The average molecular weight is 424 g/mol. The number of rotatable bonds is 6. The van der Waals surface area contributed by atoms with Gasteiger partial charge in [-0.1, -0.05) is 29.8 Å². The summed E-state index contributed by atoms with van der Waals surface area (Å²) in [5, 5.41) is 6.27. The van der Waals surface area contributed by atoms with Gasteiger partial charge in [0.2, 0.25) is 0 Å². The van der Waals surface area contributed by atoms with Crippen molar-refractivity contribution in [3.05, 3.63) is 73.4 Å². The molecule has 9 heteroatoms. The molecule has 3 rings (SSSR count). The van der Waals surface area contributed by atoms with E-state index in [9.17, 15) is 4.39 Å². The molecule has 0 fully saturated rings. The third-order valence-corrected chi connectivity index (χ3v) is 5.42. The van der Waals surface area contributed by atoms with Crippen molar-refractivity contribution in [2.75, 3.05) is 5.32 Å². The van der Waals surface area contributed by atoms with Crippen LogP contribution in [0.2, 0.25) is 5.15 Å². The molecule has 0 spiro atoms. The van der Waals surface area contributed by atoms with Crippen molar-refractivity contribution < 1.29 is 4.39 Å². The van der Waals surface area contributed by atoms with Crippen molar-refractivity contribution in [3.63, 3.8) is 0 Å². The van der Waals surface area contributed by atoms with Crippen molar-refractivity contribution in [2.24, 2.45) is 5.73 Å². The number of halogens is 3. The molecule has 3 aromatic heterocycles. The molecular formula is C18H16Cl2FN5S. The second-order valence-electron chi connectivity index (χ2n) is 5.63. The van der Waals surface area contributed by atoms with E-state index in [1.54, 1.807) is 12.1 Å². The van der Waals surface area contributed by atoms with Gasteiger partial charge in [-0.15, -0.1) is 11.3 Å². The van der Waals surface area contributed by atoms with Gasteiger partial charge in [0.1, 0.15) is 11.0 Å². The van der Waals surface area contributed by atoms with E-state index in [2.05, 4.69) is 26.8 Å². The fraction of sp³-hybridized carbons (Fsp3) is 0.111. The summed E-state index contributed by atoms with van der Waals surface area (Å²) < 4.78 is 12.9. The maximum Gasteiger partial charge on any atom is 0.184 e. The van der Waals surface area contributed by atoms with Crippen molar-refractivity contribution in [2.45, 2.75) is 13.0 Å². The van der Waals surface area contributed by atoms with E-state index in [-0.39, 0.29) is 5.82 Å². The molecule has 27 heavy (non-hydrogen) atoms. The van der Waals surface area contributed by atoms with E-state index in [0.29, 0.717) is 34.0 Å². The highest BCUT2D eigenvalue weighted by atomic mass is 35.5. The molecule has 0 saturated carbocycles. The molecule has 140 valence electrons. The Morgan fingerprint density at radius 1 is 1.44 bits per heavy atom. The quantitative estimate of drug-likeness (QED) is 0.568. The predicted molar refractivity (Wildman–Crippen MR) is 110 cm³/mol. The molecule has 0 radical (unpaired) electrons. The van der Waals surface area contributed by atoms with Gasteiger partial charge in [0.05, 0.1) is 28.3 Å². The monoisotopic (exact) mass is 423 g/mol. The van der Waals surface area contributed by atoms with Gasteiger partial charge in [-0.2, -0.15) is 0 Å². The Morgan fingerprint density at radius 2 is 2.26 bits per heavy atom. The number of nitrogens with two attached hydrogens (primary N) is 1. The molecule has 3 aromatic rings. The molecule has 0 aliphatic carbocycles. The third-order valence-electron chi connectivity index (χ3n) is 3.74. The predicted octanol–water partition coefficient (Wildman–Crippen LogP) is 3.09. The van der Waals surface area contributed by atoms with Crippen molar-refractivity contribution >= 4 is 52.3 Å². The largest absolute Gasteiger partial charge is 0.403 e. The molecule has 0 amide bonds. The van der Waals surface area contributed by atoms with Gasteiger partial charge in [0.15, 0.2) is 5.13 Å². The zero-order valence-corrected chi connectivity index (χ0v) is 16.4. The Morgan fingerprint density at radius 3 is 2.96 bits per heavy atom. The number of pyridine rings is 1. The van der Waals surface area contributed by atoms with Gasteiger partial charge in [-0.25, -0.2) is 9.37 Å². The number of hydrogen-bond donors (Lipinski definition) is 3. The van der Waals surface area contributed by atoms with Gasteiger partial charge in [-0.3, -0.25) is 4.98 Å². The molecule has 0 aromatic carbocycles. The van der Waals surface area contributed by atoms with E-state index >= 15 is 0 Å². The van der Waals surface area contributed by atoms with Crippen molar-refractivity contribution in [1.29, 1.82) is 0 Å². The maximum absolute atomic E-state index is 12.9. The fourth-order valence-corrected chi connectivity index (χ4v) is 3.70. The van der Waals surface area contributed by atoms with Crippen LogP contribution < -0.4 is 21.6 Å². The molecule has 0 atom stereocenters. The molecule has 0 aliphatic rings. The normalized spacial score (nSPS) is 12.6. The lowest BCUT2D eigenvalue weighted by atomic mass is 10.1. The smallest absolute Gasteiger partial charge is 0.184 e. The number of nitrogens with one attached hydrogen (secondary N) is 2. The number of nitrogens with zero attached hydrogens (tertiary/aromatic N) is 2. The Kier molecular flexibility index (Phi) is 6.15. The van der Waals surface area contributed by atoms with E-state index in [1.807, 2.05) is 6.20 Å². The third kappa shape index (κ3) is 4.88. The van der Waals surface area contributed by atoms with E-state index in [4.69, 9.17) is 28.9 Å². The summed E-state index contributed by atoms with van der Waals surface area (Å²) in [7, 11) is 0. The van der Waals surface area contributed by atoms with Crippen LogP contribution in [-0.4, -0.2) is 15.0 Å². The number of allylic oxidation sites excluding steroid dienone is 1. The second-order valence-corrected chi connectivity index (χ2v) is 7.51. The summed E-state index contributed by atoms with van der Waals surface area (Å²) in [6, 6.07) is 2.98. The van der Waals surface area contributed by atoms with Gasteiger partial charge in [0, 0.05) is 29.4 Å². The minimum atomic E-state index is -0.369. The van der Waals surface area contributed by atoms with Crippen LogP contribution in [-0.2, 0) is 13.0 Å². The van der Waals surface area contributed by atoms with Gasteiger partial charge >= 0.3 is 0 Å². The van der Waals surface area contributed by atoms with Crippen LogP contribution in [0.15, 0.2) is 35.8 Å². The lowest BCUT2D eigenvalue weighted by Crippen LogP contribution is -2.23. The topological polar surface area (TPSA) is 79.6 Å². The first-order chi connectivity index (χ1) is 13.0. The summed E-state index contributed by atoms with van der Waals surface area (Å²) in [6.07, 6.45) is 6.69. The van der Waals surface area contributed by atoms with E-state index < -0.39 is 0 Å². The standard InChI is InChI=1S/C18H16Cl2FN5S/c1-10-15(5-12(19)6-22)11(7-23-10)4-16-17(20)26-18(27-16)25-9-14-3-2-13(21)8-24-14/h2-3,5-8,23H,1,4,9,22H2,(H,25,26)/b12-6+,15-5+. The molecule has 0 aliphatic heterocycles. The van der Waals surface area contributed by atoms with E-state index in [0.717, 1.165) is 21.0 Å². The van der Waals surface area contributed by atoms with Crippen LogP contribution in [0.4, 0.5) is 9.52 Å². The molecule has 0 unspecified atom stereocenters. The Labute approximate surface area is 169 Å². The van der Waals surface area contributed by atoms with Crippen LogP contribution in [0.1, 0.15) is 16.1 Å². The Bertz CT molecular complexity index is 1070. The molecule has 5 nitrogen and oxygen atoms in total. The highest BCUT2D eigenvalue weighted by Crippen LogP contribution is 2.28. The zero-order chi connectivity index (χ0) is 19.4. The summed E-state index contributed by atoms with van der Waals surface area (Å²) in [5.74, 6) is -0.369. The van der Waals surface area contributed by atoms with Crippen molar-refractivity contribution in [3.8, 4) is 0 Å². The molecule has 3 heterocycles. The maximum atomic E-state index is 12.9. The fourth-order valence-electron chi connectivity index (χ4n) is 2.40. The minimum absolute atomic E-state index is 0.369. The Balaban J connectivity index is 1.77. The Hall–Kier alpha value is -2.35. The molecule has 0 bridgehead atoms. The van der Waals surface area contributed by atoms with Crippen LogP contribution >= 0.6 is 34.5 Å². The van der Waals surface area contributed by atoms with Gasteiger partial charge < -0.3 is 16.0 Å². The van der Waals surface area contributed by atoms with Crippen LogP contribution in [0.25, 0.3) is 12.7 Å². The van der Waals surface area contributed by atoms with Crippen LogP contribution in [0.5, 0.6) is 0 Å². The first-order valence-corrected chi connectivity index (χ1v) is 9.47. The number of aromatic amines is 1. The lowest BCUT2D eigenvalue weighted by Gasteiger charge is -2.01. The molecule has 4 N–H and O–H groups in total. The zero-order valence-electron chi connectivity index (χ0n) is 14.1. The summed E-state index contributed by atoms with van der Waals surface area (Å²) in [5.41, 5.74) is 7.13. The number of H-pyrrole nitrogens is 1.